The quantitative estimate of drug-likeness (QED) is 0.673. The van der Waals surface area contributed by atoms with Crippen molar-refractivity contribution < 1.29 is 4.92 Å². The van der Waals surface area contributed by atoms with Crippen molar-refractivity contribution in [1.82, 2.24) is 10.3 Å². The molecule has 100 valence electrons. The van der Waals surface area contributed by atoms with E-state index >= 15 is 0 Å². The van der Waals surface area contributed by atoms with Gasteiger partial charge >= 0.3 is 0 Å². The van der Waals surface area contributed by atoms with Gasteiger partial charge in [0.2, 0.25) is 0 Å². The van der Waals surface area contributed by atoms with E-state index in [-0.39, 0.29) is 16.7 Å². The zero-order valence-electron chi connectivity index (χ0n) is 10.8. The van der Waals surface area contributed by atoms with E-state index in [0.717, 1.165) is 16.3 Å². The summed E-state index contributed by atoms with van der Waals surface area (Å²) in [6.45, 7) is 4.71. The number of benzene rings is 1. The highest BCUT2D eigenvalue weighted by Crippen LogP contribution is 2.18. The second kappa shape index (κ2) is 5.90. The molecule has 0 fully saturated rings. The Labute approximate surface area is 115 Å². The topological polar surface area (TPSA) is 68.1 Å². The van der Waals surface area contributed by atoms with Crippen molar-refractivity contribution in [1.29, 1.82) is 0 Å². The van der Waals surface area contributed by atoms with E-state index in [4.69, 9.17) is 0 Å². The number of nitrogens with zero attached hydrogens (tertiary/aromatic N) is 2. The summed E-state index contributed by atoms with van der Waals surface area (Å²) in [7, 11) is 0. The highest BCUT2D eigenvalue weighted by molar-refractivity contribution is 7.09. The maximum absolute atomic E-state index is 10.6. The van der Waals surface area contributed by atoms with Gasteiger partial charge in [-0.25, -0.2) is 4.98 Å². The van der Waals surface area contributed by atoms with Gasteiger partial charge in [0.15, 0.2) is 0 Å². The SMILES string of the molecule is Cc1csc(CNC(C)c2ccc([N+](=O)[O-])cc2)n1. The maximum atomic E-state index is 10.6. The van der Waals surface area contributed by atoms with Crippen LogP contribution in [-0.2, 0) is 6.54 Å². The van der Waals surface area contributed by atoms with Gasteiger partial charge in [-0.1, -0.05) is 12.1 Å². The molecule has 1 N–H and O–H groups in total. The van der Waals surface area contributed by atoms with E-state index in [1.165, 1.54) is 12.1 Å². The highest BCUT2D eigenvalue weighted by atomic mass is 32.1. The zero-order chi connectivity index (χ0) is 13.8. The fourth-order valence-electron chi connectivity index (χ4n) is 1.73. The Morgan fingerprint density at radius 3 is 2.63 bits per heavy atom. The van der Waals surface area contributed by atoms with Crippen LogP contribution >= 0.6 is 11.3 Å². The van der Waals surface area contributed by atoms with Crippen LogP contribution < -0.4 is 5.32 Å². The second-order valence-electron chi connectivity index (χ2n) is 4.33. The highest BCUT2D eigenvalue weighted by Gasteiger charge is 2.09. The Balaban J connectivity index is 1.95. The Kier molecular flexibility index (Phi) is 4.24. The molecule has 1 atom stereocenters. The van der Waals surface area contributed by atoms with Crippen molar-refractivity contribution in [3.05, 3.63) is 56.0 Å². The molecule has 0 aliphatic carbocycles. The molecule has 0 aliphatic rings. The predicted octanol–water partition coefficient (Wildman–Crippen LogP) is 3.21. The van der Waals surface area contributed by atoms with Crippen molar-refractivity contribution >= 4 is 17.0 Å². The van der Waals surface area contributed by atoms with E-state index in [1.807, 2.05) is 19.2 Å². The van der Waals surface area contributed by atoms with Crippen molar-refractivity contribution in [3.63, 3.8) is 0 Å². The monoisotopic (exact) mass is 277 g/mol. The smallest absolute Gasteiger partial charge is 0.269 e. The van der Waals surface area contributed by atoms with Crippen molar-refractivity contribution in [3.8, 4) is 0 Å². The van der Waals surface area contributed by atoms with Gasteiger partial charge in [0.25, 0.3) is 5.69 Å². The lowest BCUT2D eigenvalue weighted by molar-refractivity contribution is -0.384. The second-order valence-corrected chi connectivity index (χ2v) is 5.28. The van der Waals surface area contributed by atoms with E-state index in [1.54, 1.807) is 23.5 Å². The molecular formula is C13H15N3O2S. The number of hydrogen-bond donors (Lipinski definition) is 1. The number of rotatable bonds is 5. The van der Waals surface area contributed by atoms with Crippen LogP contribution in [0.15, 0.2) is 29.6 Å². The minimum Gasteiger partial charge on any atom is -0.304 e. The van der Waals surface area contributed by atoms with Crippen molar-refractivity contribution in [2.24, 2.45) is 0 Å². The molecule has 0 aliphatic heterocycles. The number of hydrogen-bond acceptors (Lipinski definition) is 5. The molecule has 0 saturated heterocycles. The number of nitrogens with one attached hydrogen (secondary N) is 1. The molecule has 0 spiro atoms. The third-order valence-electron chi connectivity index (χ3n) is 2.83. The maximum Gasteiger partial charge on any atom is 0.269 e. The summed E-state index contributed by atoms with van der Waals surface area (Å²) >= 11 is 1.63. The predicted molar refractivity (Wildman–Crippen MR) is 75.2 cm³/mol. The first-order valence-corrected chi connectivity index (χ1v) is 6.83. The van der Waals surface area contributed by atoms with Gasteiger partial charge in [-0.2, -0.15) is 0 Å². The minimum atomic E-state index is -0.389. The Morgan fingerprint density at radius 2 is 2.11 bits per heavy atom. The van der Waals surface area contributed by atoms with E-state index < -0.39 is 0 Å². The first kappa shape index (κ1) is 13.6. The minimum absolute atomic E-state index is 0.117. The molecular weight excluding hydrogens is 262 g/mol. The molecule has 0 saturated carbocycles. The molecule has 2 aromatic rings. The lowest BCUT2D eigenvalue weighted by atomic mass is 10.1. The summed E-state index contributed by atoms with van der Waals surface area (Å²) < 4.78 is 0. The van der Waals surface area contributed by atoms with Crippen molar-refractivity contribution in [2.75, 3.05) is 0 Å². The molecule has 1 aromatic heterocycles. The van der Waals surface area contributed by atoms with E-state index in [9.17, 15) is 10.1 Å². The molecule has 1 aromatic carbocycles. The van der Waals surface area contributed by atoms with Crippen LogP contribution in [0, 0.1) is 17.0 Å². The first-order valence-electron chi connectivity index (χ1n) is 5.95. The number of nitro groups is 1. The standard InChI is InChI=1S/C13H15N3O2S/c1-9-8-19-13(15-9)7-14-10(2)11-3-5-12(6-4-11)16(17)18/h3-6,8,10,14H,7H2,1-2H3. The number of nitro benzene ring substituents is 1. The van der Waals surface area contributed by atoms with Crippen LogP contribution in [0.4, 0.5) is 5.69 Å². The molecule has 1 unspecified atom stereocenters. The third-order valence-corrected chi connectivity index (χ3v) is 3.80. The number of non-ortho nitro benzene ring substituents is 1. The summed E-state index contributed by atoms with van der Waals surface area (Å²) in [4.78, 5) is 14.6. The summed E-state index contributed by atoms with van der Waals surface area (Å²) in [6, 6.07) is 6.75. The zero-order valence-corrected chi connectivity index (χ0v) is 11.6. The lowest BCUT2D eigenvalue weighted by Gasteiger charge is -2.12. The van der Waals surface area contributed by atoms with Gasteiger partial charge in [-0.3, -0.25) is 10.1 Å². The van der Waals surface area contributed by atoms with Gasteiger partial charge in [0.05, 0.1) is 4.92 Å². The fraction of sp³-hybridized carbons (Fsp3) is 0.308. The van der Waals surface area contributed by atoms with Crippen LogP contribution in [-0.4, -0.2) is 9.91 Å². The molecule has 2 rings (SSSR count). The Hall–Kier alpha value is -1.79. The van der Waals surface area contributed by atoms with Gasteiger partial charge in [-0.15, -0.1) is 11.3 Å². The number of aryl methyl sites for hydroxylation is 1. The van der Waals surface area contributed by atoms with E-state index in [2.05, 4.69) is 10.3 Å². The molecule has 6 heteroatoms. The largest absolute Gasteiger partial charge is 0.304 e. The van der Waals surface area contributed by atoms with Crippen molar-refractivity contribution in [2.45, 2.75) is 26.4 Å². The number of thiazole rings is 1. The fourth-order valence-corrected chi connectivity index (χ4v) is 2.45. The van der Waals surface area contributed by atoms with Gasteiger partial charge in [0, 0.05) is 35.8 Å². The summed E-state index contributed by atoms with van der Waals surface area (Å²) in [6.07, 6.45) is 0. The van der Waals surface area contributed by atoms with Gasteiger partial charge < -0.3 is 5.32 Å². The average Bonchev–Trinajstić information content (AvgIpc) is 2.82. The van der Waals surface area contributed by atoms with Gasteiger partial charge in [0.1, 0.15) is 5.01 Å². The molecule has 0 radical (unpaired) electrons. The number of aromatic nitrogens is 1. The molecule has 19 heavy (non-hydrogen) atoms. The summed E-state index contributed by atoms with van der Waals surface area (Å²) in [5.41, 5.74) is 2.18. The van der Waals surface area contributed by atoms with Crippen LogP contribution in [0.5, 0.6) is 0 Å². The normalized spacial score (nSPS) is 12.3. The Morgan fingerprint density at radius 1 is 1.42 bits per heavy atom. The van der Waals surface area contributed by atoms with Crippen LogP contribution in [0.1, 0.15) is 29.2 Å². The molecule has 5 nitrogen and oxygen atoms in total. The van der Waals surface area contributed by atoms with E-state index in [0.29, 0.717) is 6.54 Å². The third kappa shape index (κ3) is 3.59. The Bertz CT molecular complexity index is 566. The van der Waals surface area contributed by atoms with Gasteiger partial charge in [-0.05, 0) is 19.4 Å². The lowest BCUT2D eigenvalue weighted by Crippen LogP contribution is -2.17. The molecule has 0 amide bonds. The van der Waals surface area contributed by atoms with Crippen LogP contribution in [0.2, 0.25) is 0 Å². The average molecular weight is 277 g/mol. The first-order chi connectivity index (χ1) is 9.06. The summed E-state index contributed by atoms with van der Waals surface area (Å²) in [5.74, 6) is 0. The van der Waals surface area contributed by atoms with Crippen LogP contribution in [0.25, 0.3) is 0 Å². The van der Waals surface area contributed by atoms with Crippen LogP contribution in [0.3, 0.4) is 0 Å². The molecule has 1 heterocycles. The summed E-state index contributed by atoms with van der Waals surface area (Å²) in [5, 5.41) is 17.0. The molecule has 0 bridgehead atoms.